The predicted molar refractivity (Wildman–Crippen MR) is 110 cm³/mol. The Morgan fingerprint density at radius 3 is 2.64 bits per heavy atom. The molecule has 2 amide bonds. The Kier molecular flexibility index (Phi) is 7.55. The summed E-state index contributed by atoms with van der Waals surface area (Å²) >= 11 is 0. The van der Waals surface area contributed by atoms with Gasteiger partial charge >= 0.3 is 0 Å². The van der Waals surface area contributed by atoms with Gasteiger partial charge in [0, 0.05) is 23.8 Å². The second-order valence-corrected chi connectivity index (χ2v) is 7.56. The van der Waals surface area contributed by atoms with Gasteiger partial charge in [0.1, 0.15) is 13.2 Å². The molecule has 1 saturated carbocycles. The summed E-state index contributed by atoms with van der Waals surface area (Å²) in [4.78, 5) is 27.0. The summed E-state index contributed by atoms with van der Waals surface area (Å²) in [6, 6.07) is 5.28. The first-order chi connectivity index (χ1) is 12.9. The average molecular weight is 412 g/mol. The number of likely N-dealkylation sites (N-methyl/N-ethyl adjacent to an activating group) is 1. The molecule has 0 radical (unpaired) electrons. The van der Waals surface area contributed by atoms with Crippen LogP contribution < -0.4 is 20.5 Å². The van der Waals surface area contributed by atoms with Crippen LogP contribution in [-0.2, 0) is 9.59 Å². The summed E-state index contributed by atoms with van der Waals surface area (Å²) in [6.07, 6.45) is 3.67. The highest BCUT2D eigenvalue weighted by Crippen LogP contribution is 2.34. The van der Waals surface area contributed by atoms with E-state index >= 15 is 0 Å². The van der Waals surface area contributed by atoms with Crippen LogP contribution in [0.3, 0.4) is 0 Å². The third kappa shape index (κ3) is 5.08. The van der Waals surface area contributed by atoms with Crippen molar-refractivity contribution in [2.75, 3.05) is 31.6 Å². The molecule has 7 nitrogen and oxygen atoms in total. The van der Waals surface area contributed by atoms with E-state index in [4.69, 9.17) is 15.2 Å². The molecule has 0 saturated heterocycles. The average Bonchev–Trinajstić information content (AvgIpc) is 2.65. The van der Waals surface area contributed by atoms with Gasteiger partial charge in [0.05, 0.1) is 12.5 Å². The van der Waals surface area contributed by atoms with E-state index in [9.17, 15) is 9.59 Å². The lowest BCUT2D eigenvalue weighted by Crippen LogP contribution is -2.54. The van der Waals surface area contributed by atoms with E-state index in [1.807, 2.05) is 13.8 Å². The van der Waals surface area contributed by atoms with Crippen molar-refractivity contribution in [2.45, 2.75) is 45.1 Å². The highest BCUT2D eigenvalue weighted by atomic mass is 35.5. The smallest absolute Gasteiger partial charge is 0.243 e. The maximum absolute atomic E-state index is 13.0. The van der Waals surface area contributed by atoms with Crippen LogP contribution in [0.4, 0.5) is 5.69 Å². The van der Waals surface area contributed by atoms with Crippen molar-refractivity contribution in [3.8, 4) is 11.5 Å². The molecule has 8 heteroatoms. The van der Waals surface area contributed by atoms with Crippen molar-refractivity contribution in [2.24, 2.45) is 11.7 Å². The van der Waals surface area contributed by atoms with Gasteiger partial charge in [-0.25, -0.2) is 0 Å². The summed E-state index contributed by atoms with van der Waals surface area (Å²) in [7, 11) is 0. The maximum Gasteiger partial charge on any atom is 0.243 e. The molecule has 2 atom stereocenters. The Balaban J connectivity index is 0.00000280. The zero-order valence-electron chi connectivity index (χ0n) is 16.5. The molecule has 1 aliphatic heterocycles. The van der Waals surface area contributed by atoms with E-state index in [1.54, 1.807) is 23.1 Å². The standard InChI is InChI=1S/C20H29N3O4.ClH/c1-3-23(19(25)15-6-4-5-9-20(15,2)21)13-18(24)22-14-7-8-16-17(12-14)27-11-10-26-16;/h7-8,12,15H,3-6,9-11,13,21H2,1-2H3,(H,22,24);1H. The number of hydrogen-bond donors (Lipinski definition) is 2. The van der Waals surface area contributed by atoms with Crippen LogP contribution in [0.1, 0.15) is 39.5 Å². The normalized spacial score (nSPS) is 23.3. The number of carbonyl (C=O) groups is 2. The molecule has 0 spiro atoms. The number of nitrogens with zero attached hydrogens (tertiary/aromatic N) is 1. The minimum Gasteiger partial charge on any atom is -0.486 e. The van der Waals surface area contributed by atoms with Crippen molar-refractivity contribution >= 4 is 29.9 Å². The van der Waals surface area contributed by atoms with E-state index in [-0.39, 0.29) is 36.7 Å². The van der Waals surface area contributed by atoms with E-state index in [2.05, 4.69) is 5.32 Å². The minimum atomic E-state index is -0.505. The zero-order valence-corrected chi connectivity index (χ0v) is 17.3. The Morgan fingerprint density at radius 1 is 1.25 bits per heavy atom. The van der Waals surface area contributed by atoms with Gasteiger partial charge in [-0.1, -0.05) is 12.8 Å². The van der Waals surface area contributed by atoms with E-state index < -0.39 is 5.54 Å². The van der Waals surface area contributed by atoms with Crippen LogP contribution in [0, 0.1) is 5.92 Å². The van der Waals surface area contributed by atoms with Crippen LogP contribution in [0.25, 0.3) is 0 Å². The Bertz CT molecular complexity index is 711. The fourth-order valence-corrected chi connectivity index (χ4v) is 3.82. The number of nitrogens with two attached hydrogens (primary N) is 1. The van der Waals surface area contributed by atoms with E-state index in [1.165, 1.54) is 0 Å². The summed E-state index contributed by atoms with van der Waals surface area (Å²) in [5, 5.41) is 2.84. The predicted octanol–water partition coefficient (Wildman–Crippen LogP) is 2.57. The zero-order chi connectivity index (χ0) is 19.4. The van der Waals surface area contributed by atoms with Gasteiger partial charge in [0.2, 0.25) is 11.8 Å². The number of halogens is 1. The third-order valence-electron chi connectivity index (χ3n) is 5.41. The van der Waals surface area contributed by atoms with Gasteiger partial charge in [-0.05, 0) is 38.8 Å². The maximum atomic E-state index is 13.0. The molecule has 156 valence electrons. The van der Waals surface area contributed by atoms with Gasteiger partial charge in [0.25, 0.3) is 0 Å². The monoisotopic (exact) mass is 411 g/mol. The first-order valence-electron chi connectivity index (χ1n) is 9.68. The highest BCUT2D eigenvalue weighted by Gasteiger charge is 2.39. The van der Waals surface area contributed by atoms with Gasteiger partial charge < -0.3 is 25.4 Å². The molecular formula is C20H30ClN3O4. The number of amides is 2. The van der Waals surface area contributed by atoms with Crippen LogP contribution in [0.5, 0.6) is 11.5 Å². The summed E-state index contributed by atoms with van der Waals surface area (Å²) in [5.41, 5.74) is 6.48. The van der Waals surface area contributed by atoms with Gasteiger partial charge in [-0.3, -0.25) is 9.59 Å². The fraction of sp³-hybridized carbons (Fsp3) is 0.600. The van der Waals surface area contributed by atoms with Crippen LogP contribution in [-0.4, -0.2) is 48.6 Å². The molecule has 3 N–H and O–H groups in total. The lowest BCUT2D eigenvalue weighted by atomic mass is 9.74. The Morgan fingerprint density at radius 2 is 1.96 bits per heavy atom. The molecule has 2 unspecified atom stereocenters. The van der Waals surface area contributed by atoms with Gasteiger partial charge in [-0.15, -0.1) is 12.4 Å². The minimum absolute atomic E-state index is 0. The highest BCUT2D eigenvalue weighted by molar-refractivity contribution is 5.95. The quantitative estimate of drug-likeness (QED) is 0.776. The molecule has 3 rings (SSSR count). The fourth-order valence-electron chi connectivity index (χ4n) is 3.82. The van der Waals surface area contributed by atoms with Crippen molar-refractivity contribution in [1.82, 2.24) is 4.90 Å². The summed E-state index contributed by atoms with van der Waals surface area (Å²) in [5.74, 6) is 0.789. The molecule has 1 aromatic rings. The third-order valence-corrected chi connectivity index (χ3v) is 5.41. The number of nitrogens with one attached hydrogen (secondary N) is 1. The number of fused-ring (bicyclic) bond motifs is 1. The number of hydrogen-bond acceptors (Lipinski definition) is 5. The molecule has 0 bridgehead atoms. The lowest BCUT2D eigenvalue weighted by Gasteiger charge is -2.39. The van der Waals surface area contributed by atoms with E-state index in [0.717, 1.165) is 25.7 Å². The number of benzene rings is 1. The van der Waals surface area contributed by atoms with Crippen LogP contribution in [0.15, 0.2) is 18.2 Å². The lowest BCUT2D eigenvalue weighted by molar-refractivity contribution is -0.141. The first kappa shape index (κ1) is 22.3. The van der Waals surface area contributed by atoms with Gasteiger partial charge in [0.15, 0.2) is 11.5 Å². The second-order valence-electron chi connectivity index (χ2n) is 7.56. The summed E-state index contributed by atoms with van der Waals surface area (Å²) in [6.45, 7) is 5.31. The number of rotatable bonds is 5. The SMILES string of the molecule is CCN(CC(=O)Nc1ccc2c(c1)OCCO2)C(=O)C1CCCCC1(C)N.Cl. The van der Waals surface area contributed by atoms with Crippen molar-refractivity contribution in [3.05, 3.63) is 18.2 Å². The largest absolute Gasteiger partial charge is 0.486 e. The van der Waals surface area contributed by atoms with Gasteiger partial charge in [-0.2, -0.15) is 0 Å². The van der Waals surface area contributed by atoms with Crippen LogP contribution >= 0.6 is 12.4 Å². The van der Waals surface area contributed by atoms with Crippen molar-refractivity contribution < 1.29 is 19.1 Å². The Hall–Kier alpha value is -1.99. The number of ether oxygens (including phenoxy) is 2. The number of carbonyl (C=O) groups excluding carboxylic acids is 2. The molecule has 0 aromatic heterocycles. The van der Waals surface area contributed by atoms with Crippen LogP contribution in [0.2, 0.25) is 0 Å². The van der Waals surface area contributed by atoms with Crippen molar-refractivity contribution in [3.63, 3.8) is 0 Å². The first-order valence-corrected chi connectivity index (χ1v) is 9.68. The molecular weight excluding hydrogens is 382 g/mol. The molecule has 1 aromatic carbocycles. The Labute approximate surface area is 172 Å². The topological polar surface area (TPSA) is 93.9 Å². The second kappa shape index (κ2) is 9.47. The van der Waals surface area contributed by atoms with Crippen molar-refractivity contribution in [1.29, 1.82) is 0 Å². The number of anilines is 1. The van der Waals surface area contributed by atoms with E-state index in [0.29, 0.717) is 36.9 Å². The molecule has 28 heavy (non-hydrogen) atoms. The molecule has 1 heterocycles. The summed E-state index contributed by atoms with van der Waals surface area (Å²) < 4.78 is 11.0. The molecule has 2 aliphatic rings. The molecule has 1 aliphatic carbocycles. The molecule has 1 fully saturated rings.